The first-order valence-corrected chi connectivity index (χ1v) is 8.73. The molecule has 0 aliphatic carbocycles. The smallest absolute Gasteiger partial charge is 0.258 e. The second-order valence-electron chi connectivity index (χ2n) is 6.36. The van der Waals surface area contributed by atoms with E-state index in [-0.39, 0.29) is 18.6 Å². The minimum Gasteiger partial charge on any atom is -0.484 e. The molecule has 0 bridgehead atoms. The van der Waals surface area contributed by atoms with Gasteiger partial charge in [0.25, 0.3) is 5.91 Å². The van der Waals surface area contributed by atoms with Gasteiger partial charge in [-0.05, 0) is 48.2 Å². The third-order valence-corrected chi connectivity index (χ3v) is 4.42. The Morgan fingerprint density at radius 3 is 2.15 bits per heavy atom. The molecule has 0 aliphatic heterocycles. The number of nitrogens with one attached hydrogen (secondary N) is 1. The van der Waals surface area contributed by atoms with Crippen molar-refractivity contribution < 1.29 is 9.53 Å². The van der Waals surface area contributed by atoms with Crippen molar-refractivity contribution in [1.82, 2.24) is 5.32 Å². The highest BCUT2D eigenvalue weighted by atomic mass is 16.5. The molecule has 1 N–H and O–H groups in total. The average molecular weight is 345 g/mol. The summed E-state index contributed by atoms with van der Waals surface area (Å²) in [5, 5.41) is 3.10. The lowest BCUT2D eigenvalue weighted by Gasteiger charge is -2.21. The SMILES string of the molecule is Cc1ccc(C(NC(=O)COc2ccccc2)c2ccccc2)cc1C. The highest BCUT2D eigenvalue weighted by Gasteiger charge is 2.17. The Hall–Kier alpha value is -3.07. The van der Waals surface area contributed by atoms with E-state index >= 15 is 0 Å². The summed E-state index contributed by atoms with van der Waals surface area (Å²) < 4.78 is 5.57. The number of amides is 1. The van der Waals surface area contributed by atoms with Gasteiger partial charge in [0, 0.05) is 0 Å². The number of hydrogen-bond acceptors (Lipinski definition) is 2. The van der Waals surface area contributed by atoms with Crippen LogP contribution in [0.2, 0.25) is 0 Å². The number of ether oxygens (including phenoxy) is 1. The molecule has 0 aliphatic rings. The van der Waals surface area contributed by atoms with E-state index in [0.29, 0.717) is 5.75 Å². The molecule has 0 saturated heterocycles. The third kappa shape index (κ3) is 4.51. The van der Waals surface area contributed by atoms with E-state index < -0.39 is 0 Å². The maximum absolute atomic E-state index is 12.5. The lowest BCUT2D eigenvalue weighted by atomic mass is 9.95. The zero-order valence-corrected chi connectivity index (χ0v) is 15.1. The van der Waals surface area contributed by atoms with Crippen LogP contribution in [-0.4, -0.2) is 12.5 Å². The lowest BCUT2D eigenvalue weighted by Crippen LogP contribution is -2.33. The van der Waals surface area contributed by atoms with Crippen molar-refractivity contribution >= 4 is 5.91 Å². The van der Waals surface area contributed by atoms with Crippen LogP contribution in [0.1, 0.15) is 28.3 Å². The monoisotopic (exact) mass is 345 g/mol. The van der Waals surface area contributed by atoms with Gasteiger partial charge in [-0.2, -0.15) is 0 Å². The fourth-order valence-electron chi connectivity index (χ4n) is 2.82. The molecule has 0 saturated carbocycles. The molecule has 26 heavy (non-hydrogen) atoms. The van der Waals surface area contributed by atoms with Gasteiger partial charge in [-0.25, -0.2) is 0 Å². The Kier molecular flexibility index (Phi) is 5.69. The Balaban J connectivity index is 1.77. The minimum absolute atomic E-state index is 0.0157. The molecule has 3 aromatic rings. The van der Waals surface area contributed by atoms with E-state index in [9.17, 15) is 4.79 Å². The molecular formula is C23H23NO2. The van der Waals surface area contributed by atoms with Gasteiger partial charge in [0.05, 0.1) is 6.04 Å². The van der Waals surface area contributed by atoms with Gasteiger partial charge in [0.15, 0.2) is 6.61 Å². The summed E-state index contributed by atoms with van der Waals surface area (Å²) in [5.74, 6) is 0.533. The van der Waals surface area contributed by atoms with Crippen molar-refractivity contribution in [3.05, 3.63) is 101 Å². The molecule has 0 spiro atoms. The zero-order valence-electron chi connectivity index (χ0n) is 15.1. The topological polar surface area (TPSA) is 38.3 Å². The molecule has 1 atom stereocenters. The van der Waals surface area contributed by atoms with Gasteiger partial charge in [0.2, 0.25) is 0 Å². The Morgan fingerprint density at radius 2 is 1.50 bits per heavy atom. The normalized spacial score (nSPS) is 11.6. The van der Waals surface area contributed by atoms with Crippen molar-refractivity contribution in [2.45, 2.75) is 19.9 Å². The molecule has 3 rings (SSSR count). The Labute approximate surface area is 154 Å². The molecule has 1 unspecified atom stereocenters. The number of hydrogen-bond donors (Lipinski definition) is 1. The van der Waals surface area contributed by atoms with Crippen molar-refractivity contribution in [3.63, 3.8) is 0 Å². The van der Waals surface area contributed by atoms with Gasteiger partial charge in [-0.3, -0.25) is 4.79 Å². The number of para-hydroxylation sites is 1. The van der Waals surface area contributed by atoms with E-state index in [1.165, 1.54) is 11.1 Å². The number of carbonyl (C=O) groups excluding carboxylic acids is 1. The molecule has 3 heteroatoms. The third-order valence-electron chi connectivity index (χ3n) is 4.42. The average Bonchev–Trinajstić information content (AvgIpc) is 2.68. The van der Waals surface area contributed by atoms with Crippen LogP contribution in [-0.2, 0) is 4.79 Å². The maximum Gasteiger partial charge on any atom is 0.258 e. The highest BCUT2D eigenvalue weighted by molar-refractivity contribution is 5.78. The van der Waals surface area contributed by atoms with Gasteiger partial charge >= 0.3 is 0 Å². The number of carbonyl (C=O) groups is 1. The van der Waals surface area contributed by atoms with Crippen LogP contribution in [0.5, 0.6) is 5.75 Å². The van der Waals surface area contributed by atoms with Crippen LogP contribution in [0.15, 0.2) is 78.9 Å². The summed E-state index contributed by atoms with van der Waals surface area (Å²) in [7, 11) is 0. The van der Waals surface area contributed by atoms with Crippen LogP contribution in [0.4, 0.5) is 0 Å². The van der Waals surface area contributed by atoms with Crippen LogP contribution in [0.25, 0.3) is 0 Å². The van der Waals surface area contributed by atoms with Crippen LogP contribution in [0, 0.1) is 13.8 Å². The van der Waals surface area contributed by atoms with Crippen molar-refractivity contribution in [2.75, 3.05) is 6.61 Å². The van der Waals surface area contributed by atoms with Crippen molar-refractivity contribution in [3.8, 4) is 5.75 Å². The Morgan fingerprint density at radius 1 is 0.846 bits per heavy atom. The number of rotatable bonds is 6. The van der Waals surface area contributed by atoms with E-state index in [1.807, 2.05) is 60.7 Å². The van der Waals surface area contributed by atoms with Gasteiger partial charge in [0.1, 0.15) is 5.75 Å². The van der Waals surface area contributed by atoms with Crippen molar-refractivity contribution in [1.29, 1.82) is 0 Å². The quantitative estimate of drug-likeness (QED) is 0.710. The molecule has 3 aromatic carbocycles. The summed E-state index contributed by atoms with van der Waals surface area (Å²) in [6.07, 6.45) is 0. The summed E-state index contributed by atoms with van der Waals surface area (Å²) in [6, 6.07) is 25.4. The predicted octanol–water partition coefficient (Wildman–Crippen LogP) is 4.59. The van der Waals surface area contributed by atoms with E-state index in [0.717, 1.165) is 11.1 Å². The van der Waals surface area contributed by atoms with E-state index in [2.05, 4.69) is 37.4 Å². The van der Waals surface area contributed by atoms with E-state index in [4.69, 9.17) is 4.74 Å². The fraction of sp³-hybridized carbons (Fsp3) is 0.174. The number of benzene rings is 3. The standard InChI is InChI=1S/C23H23NO2/c1-17-13-14-20(15-18(17)2)23(19-9-5-3-6-10-19)24-22(25)16-26-21-11-7-4-8-12-21/h3-15,23H,16H2,1-2H3,(H,24,25). The molecule has 0 aromatic heterocycles. The summed E-state index contributed by atoms with van der Waals surface area (Å²) >= 11 is 0. The first-order chi connectivity index (χ1) is 12.6. The molecule has 0 heterocycles. The number of aryl methyl sites for hydroxylation is 2. The molecule has 3 nitrogen and oxygen atoms in total. The minimum atomic E-state index is -0.206. The van der Waals surface area contributed by atoms with E-state index in [1.54, 1.807) is 0 Å². The first kappa shape index (κ1) is 17.7. The first-order valence-electron chi connectivity index (χ1n) is 8.73. The highest BCUT2D eigenvalue weighted by Crippen LogP contribution is 2.24. The second-order valence-corrected chi connectivity index (χ2v) is 6.36. The molecular weight excluding hydrogens is 322 g/mol. The fourth-order valence-corrected chi connectivity index (χ4v) is 2.82. The van der Waals surface area contributed by atoms with Crippen LogP contribution >= 0.6 is 0 Å². The van der Waals surface area contributed by atoms with Crippen LogP contribution in [0.3, 0.4) is 0 Å². The Bertz CT molecular complexity index is 860. The largest absolute Gasteiger partial charge is 0.484 e. The predicted molar refractivity (Wildman–Crippen MR) is 104 cm³/mol. The van der Waals surface area contributed by atoms with Gasteiger partial charge in [-0.15, -0.1) is 0 Å². The summed E-state index contributed by atoms with van der Waals surface area (Å²) in [6.45, 7) is 4.16. The summed E-state index contributed by atoms with van der Waals surface area (Å²) in [5.41, 5.74) is 4.55. The van der Waals surface area contributed by atoms with Crippen molar-refractivity contribution in [2.24, 2.45) is 0 Å². The van der Waals surface area contributed by atoms with Crippen LogP contribution < -0.4 is 10.1 Å². The second kappa shape index (κ2) is 8.34. The molecule has 0 fully saturated rings. The maximum atomic E-state index is 12.5. The van der Waals surface area contributed by atoms with Gasteiger partial charge in [-0.1, -0.05) is 66.7 Å². The molecule has 132 valence electrons. The summed E-state index contributed by atoms with van der Waals surface area (Å²) in [4.78, 5) is 12.5. The zero-order chi connectivity index (χ0) is 18.4. The lowest BCUT2D eigenvalue weighted by molar-refractivity contribution is -0.123. The molecule has 1 amide bonds. The van der Waals surface area contributed by atoms with Gasteiger partial charge < -0.3 is 10.1 Å². The molecule has 0 radical (unpaired) electrons.